The summed E-state index contributed by atoms with van der Waals surface area (Å²) in [4.78, 5) is 20.3. The van der Waals surface area contributed by atoms with Gasteiger partial charge in [0.15, 0.2) is 0 Å². The van der Waals surface area contributed by atoms with Crippen LogP contribution in [0.25, 0.3) is 0 Å². The smallest absolute Gasteiger partial charge is 0.223 e. The molecule has 4 atom stereocenters. The molecule has 1 N–H and O–H groups in total. The predicted molar refractivity (Wildman–Crippen MR) is 135 cm³/mol. The molecule has 4 heterocycles. The van der Waals surface area contributed by atoms with Gasteiger partial charge in [0.05, 0.1) is 6.04 Å². The molecule has 3 fully saturated rings. The van der Waals surface area contributed by atoms with E-state index in [2.05, 4.69) is 50.7 Å². The standard InChI is InChI=1S/C26H40N6OS/c1-17(2)24-30-29-18(3)32(24)22-15-20-9-10-21(16-22)31(20)13-11-23(26-27-12-14-34-26)28-25(33)19-7-5-4-6-8-19/h12,14,17,19-23H,4-11,13,15-16H2,1-3H3,(H,28,33)/t20-,21+,22-,23-/m0/s1. The Kier molecular flexibility index (Phi) is 7.35. The van der Waals surface area contributed by atoms with Crippen molar-refractivity contribution in [1.29, 1.82) is 0 Å². The number of aromatic nitrogens is 4. The number of hydrogen-bond donors (Lipinski definition) is 1. The van der Waals surface area contributed by atoms with Crippen molar-refractivity contribution in [1.82, 2.24) is 30.0 Å². The molecule has 2 bridgehead atoms. The second-order valence-electron chi connectivity index (χ2n) is 10.9. The van der Waals surface area contributed by atoms with Crippen molar-refractivity contribution in [3.8, 4) is 0 Å². The molecule has 2 saturated heterocycles. The summed E-state index contributed by atoms with van der Waals surface area (Å²) in [6.07, 6.45) is 13.4. The van der Waals surface area contributed by atoms with Gasteiger partial charge in [-0.25, -0.2) is 4.98 Å². The summed E-state index contributed by atoms with van der Waals surface area (Å²) in [7, 11) is 0. The van der Waals surface area contributed by atoms with Crippen LogP contribution in [0, 0.1) is 12.8 Å². The number of carbonyl (C=O) groups is 1. The van der Waals surface area contributed by atoms with Gasteiger partial charge >= 0.3 is 0 Å². The van der Waals surface area contributed by atoms with Crippen LogP contribution >= 0.6 is 11.3 Å². The van der Waals surface area contributed by atoms with Gasteiger partial charge in [0.2, 0.25) is 5.91 Å². The maximum absolute atomic E-state index is 13.0. The van der Waals surface area contributed by atoms with Crippen LogP contribution in [0.15, 0.2) is 11.6 Å². The average Bonchev–Trinajstić information content (AvgIpc) is 3.55. The van der Waals surface area contributed by atoms with E-state index in [0.29, 0.717) is 24.0 Å². The van der Waals surface area contributed by atoms with Crippen molar-refractivity contribution in [2.24, 2.45) is 5.92 Å². The minimum atomic E-state index is 0.0270. The topological polar surface area (TPSA) is 75.9 Å². The molecule has 5 rings (SSSR count). The lowest BCUT2D eigenvalue weighted by atomic mass is 9.88. The van der Waals surface area contributed by atoms with Crippen LogP contribution in [0.3, 0.4) is 0 Å². The largest absolute Gasteiger partial charge is 0.347 e. The van der Waals surface area contributed by atoms with Crippen LogP contribution in [0.5, 0.6) is 0 Å². The number of nitrogens with zero attached hydrogens (tertiary/aromatic N) is 5. The number of hydrogen-bond acceptors (Lipinski definition) is 6. The first-order chi connectivity index (χ1) is 16.5. The monoisotopic (exact) mass is 484 g/mol. The van der Waals surface area contributed by atoms with Crippen LogP contribution in [0.4, 0.5) is 0 Å². The Morgan fingerprint density at radius 3 is 2.47 bits per heavy atom. The summed E-state index contributed by atoms with van der Waals surface area (Å²) in [6, 6.07) is 1.74. The summed E-state index contributed by atoms with van der Waals surface area (Å²) >= 11 is 1.67. The van der Waals surface area contributed by atoms with Crippen molar-refractivity contribution in [2.75, 3.05) is 6.54 Å². The van der Waals surface area contributed by atoms with Gasteiger partial charge in [0, 0.05) is 48.1 Å². The first-order valence-electron chi connectivity index (χ1n) is 13.4. The fourth-order valence-electron chi connectivity index (χ4n) is 6.65. The van der Waals surface area contributed by atoms with E-state index in [1.165, 1.54) is 44.9 Å². The van der Waals surface area contributed by atoms with Crippen LogP contribution in [-0.2, 0) is 4.79 Å². The Morgan fingerprint density at radius 1 is 1.09 bits per heavy atom. The molecule has 0 aromatic carbocycles. The van der Waals surface area contributed by atoms with Crippen molar-refractivity contribution >= 4 is 17.2 Å². The molecule has 1 aliphatic carbocycles. The maximum Gasteiger partial charge on any atom is 0.223 e. The van der Waals surface area contributed by atoms with Gasteiger partial charge in [0.1, 0.15) is 16.7 Å². The minimum Gasteiger partial charge on any atom is -0.347 e. The lowest BCUT2D eigenvalue weighted by Gasteiger charge is -2.40. The highest BCUT2D eigenvalue weighted by Gasteiger charge is 2.42. The number of fused-ring (bicyclic) bond motifs is 2. The number of nitrogens with one attached hydrogen (secondary N) is 1. The Bertz CT molecular complexity index is 937. The van der Waals surface area contributed by atoms with Gasteiger partial charge in [-0.05, 0) is 51.9 Å². The van der Waals surface area contributed by atoms with E-state index in [0.717, 1.165) is 42.5 Å². The molecule has 1 amide bonds. The molecule has 2 aliphatic heterocycles. The first kappa shape index (κ1) is 23.9. The molecule has 1 saturated carbocycles. The Labute approximate surface area is 207 Å². The Balaban J connectivity index is 1.23. The number of thiazole rings is 1. The summed E-state index contributed by atoms with van der Waals surface area (Å²) in [5, 5.41) is 15.4. The van der Waals surface area contributed by atoms with E-state index in [-0.39, 0.29) is 17.9 Å². The third-order valence-electron chi connectivity index (χ3n) is 8.35. The number of rotatable bonds is 8. The first-order valence-corrected chi connectivity index (χ1v) is 14.3. The zero-order valence-corrected chi connectivity index (χ0v) is 21.8. The second kappa shape index (κ2) is 10.4. The molecular weight excluding hydrogens is 444 g/mol. The average molecular weight is 485 g/mol. The lowest BCUT2D eigenvalue weighted by molar-refractivity contribution is -0.126. The van der Waals surface area contributed by atoms with Crippen LogP contribution in [0.1, 0.15) is 113 Å². The molecule has 2 aromatic heterocycles. The molecule has 2 aromatic rings. The lowest BCUT2D eigenvalue weighted by Crippen LogP contribution is -2.45. The van der Waals surface area contributed by atoms with E-state index in [4.69, 9.17) is 0 Å². The fourth-order valence-corrected chi connectivity index (χ4v) is 7.37. The Hall–Kier alpha value is -1.80. The minimum absolute atomic E-state index is 0.0270. The zero-order chi connectivity index (χ0) is 23.7. The molecule has 186 valence electrons. The molecule has 3 aliphatic rings. The second-order valence-corrected chi connectivity index (χ2v) is 11.9. The van der Waals surface area contributed by atoms with Crippen molar-refractivity contribution in [2.45, 2.75) is 115 Å². The molecule has 8 heteroatoms. The molecule has 0 radical (unpaired) electrons. The van der Waals surface area contributed by atoms with Crippen molar-refractivity contribution < 1.29 is 4.79 Å². The predicted octanol–water partition coefficient (Wildman–Crippen LogP) is 5.16. The van der Waals surface area contributed by atoms with Crippen LogP contribution in [0.2, 0.25) is 0 Å². The highest BCUT2D eigenvalue weighted by atomic mass is 32.1. The van der Waals surface area contributed by atoms with E-state index >= 15 is 0 Å². The van der Waals surface area contributed by atoms with E-state index in [9.17, 15) is 4.79 Å². The summed E-state index contributed by atoms with van der Waals surface area (Å²) in [5.41, 5.74) is 0. The van der Waals surface area contributed by atoms with E-state index in [1.807, 2.05) is 11.6 Å². The van der Waals surface area contributed by atoms with Gasteiger partial charge in [-0.1, -0.05) is 33.1 Å². The number of carbonyl (C=O) groups excluding carboxylic acids is 1. The molecule has 0 spiro atoms. The van der Waals surface area contributed by atoms with E-state index in [1.54, 1.807) is 11.3 Å². The third-order valence-corrected chi connectivity index (χ3v) is 9.24. The summed E-state index contributed by atoms with van der Waals surface area (Å²) in [6.45, 7) is 7.55. The number of piperidine rings is 1. The van der Waals surface area contributed by atoms with Gasteiger partial charge in [0.25, 0.3) is 0 Å². The quantitative estimate of drug-likeness (QED) is 0.560. The van der Waals surface area contributed by atoms with Gasteiger partial charge in [-0.2, -0.15) is 0 Å². The zero-order valence-electron chi connectivity index (χ0n) is 20.9. The van der Waals surface area contributed by atoms with Gasteiger partial charge < -0.3 is 9.88 Å². The molecule has 0 unspecified atom stereocenters. The van der Waals surface area contributed by atoms with Gasteiger partial charge in [-0.3, -0.25) is 9.69 Å². The van der Waals surface area contributed by atoms with Crippen LogP contribution < -0.4 is 5.32 Å². The molecule has 7 nitrogen and oxygen atoms in total. The van der Waals surface area contributed by atoms with Crippen LogP contribution in [-0.4, -0.2) is 49.2 Å². The SMILES string of the molecule is Cc1nnc(C(C)C)n1[C@@H]1C[C@H]2CC[C@@H](C1)N2CC[C@H](NC(=O)C1CCCCC1)c1nccs1. The number of aryl methyl sites for hydroxylation is 1. The summed E-state index contributed by atoms with van der Waals surface area (Å²) in [5.74, 6) is 3.00. The highest BCUT2D eigenvalue weighted by Crippen LogP contribution is 2.42. The van der Waals surface area contributed by atoms with Gasteiger partial charge in [-0.15, -0.1) is 21.5 Å². The normalized spacial score (nSPS) is 26.8. The highest BCUT2D eigenvalue weighted by molar-refractivity contribution is 7.09. The summed E-state index contributed by atoms with van der Waals surface area (Å²) < 4.78 is 2.43. The Morgan fingerprint density at radius 2 is 1.82 bits per heavy atom. The number of amides is 1. The molecular formula is C26H40N6OS. The molecule has 34 heavy (non-hydrogen) atoms. The van der Waals surface area contributed by atoms with Crippen molar-refractivity contribution in [3.05, 3.63) is 28.2 Å². The van der Waals surface area contributed by atoms with Crippen molar-refractivity contribution in [3.63, 3.8) is 0 Å². The third kappa shape index (κ3) is 4.94. The van der Waals surface area contributed by atoms with E-state index < -0.39 is 0 Å². The fraction of sp³-hybridized carbons (Fsp3) is 0.769. The maximum atomic E-state index is 13.0.